The summed E-state index contributed by atoms with van der Waals surface area (Å²) in [7, 11) is 0. The highest BCUT2D eigenvalue weighted by molar-refractivity contribution is 14.1. The molecule has 0 saturated carbocycles. The van der Waals surface area contributed by atoms with E-state index in [0.29, 0.717) is 6.61 Å². The van der Waals surface area contributed by atoms with Crippen LogP contribution in [0.5, 0.6) is 0 Å². The number of halogens is 2. The van der Waals surface area contributed by atoms with Gasteiger partial charge in [-0.05, 0) is 41.6 Å². The van der Waals surface area contributed by atoms with Crippen molar-refractivity contribution < 1.29 is 4.74 Å². The Morgan fingerprint density at radius 2 is 1.16 bits per heavy atom. The second kappa shape index (κ2) is 20.9. The lowest BCUT2D eigenvalue weighted by Crippen LogP contribution is -2.41. The lowest BCUT2D eigenvalue weighted by molar-refractivity contribution is -0.00299. The first-order chi connectivity index (χ1) is 12.2. The number of likely N-dealkylation sites (N-methyl/N-ethyl adjacent to an activating group) is 2. The number of nitrogens with zero attached hydrogens (tertiary/aromatic N) is 2. The van der Waals surface area contributed by atoms with Gasteiger partial charge < -0.3 is 14.5 Å². The lowest BCUT2D eigenvalue weighted by atomic mass is 10.2. The van der Waals surface area contributed by atoms with Crippen LogP contribution in [0.1, 0.15) is 33.3 Å². The highest BCUT2D eigenvalue weighted by Crippen LogP contribution is 2.07. The molecule has 3 nitrogen and oxygen atoms in total. The summed E-state index contributed by atoms with van der Waals surface area (Å²) in [6.07, 6.45) is 0.269. The van der Waals surface area contributed by atoms with Crippen molar-refractivity contribution in [3.8, 4) is 0 Å². The maximum absolute atomic E-state index is 6.21. The number of hydrogen-bond donors (Lipinski definition) is 0. The van der Waals surface area contributed by atoms with Crippen molar-refractivity contribution in [2.45, 2.75) is 40.4 Å². The van der Waals surface area contributed by atoms with Gasteiger partial charge in [0.2, 0.25) is 0 Å². The number of benzene rings is 1. The number of rotatable bonds is 11. The fourth-order valence-corrected chi connectivity index (χ4v) is 2.49. The molecule has 5 heteroatoms. The molecule has 1 rings (SSSR count). The summed E-state index contributed by atoms with van der Waals surface area (Å²) in [5, 5.41) is 0. The van der Waals surface area contributed by atoms with Gasteiger partial charge in [-0.1, -0.05) is 103 Å². The van der Waals surface area contributed by atoms with Crippen molar-refractivity contribution in [3.63, 3.8) is 0 Å². The largest absolute Gasteiger partial charge is 0.371 e. The average Bonchev–Trinajstić information content (AvgIpc) is 2.71. The third-order valence-corrected chi connectivity index (χ3v) is 4.04. The molecule has 0 aromatic heterocycles. The van der Waals surface area contributed by atoms with Crippen molar-refractivity contribution in [2.75, 3.05) is 49.1 Å². The summed E-state index contributed by atoms with van der Waals surface area (Å²) in [4.78, 5) is 8.83. The van der Waals surface area contributed by atoms with Crippen LogP contribution < -0.4 is 0 Å². The molecule has 0 aliphatic heterocycles. The highest BCUT2D eigenvalue weighted by Gasteiger charge is 2.16. The van der Waals surface area contributed by atoms with Crippen LogP contribution in [0.15, 0.2) is 30.3 Å². The van der Waals surface area contributed by atoms with Gasteiger partial charge in [0.05, 0.1) is 12.7 Å². The maximum Gasteiger partial charge on any atom is 0.0833 e. The van der Waals surface area contributed by atoms with Gasteiger partial charge in [0.15, 0.2) is 0 Å². The first-order valence-electron chi connectivity index (χ1n) is 9.09. The number of ether oxygens (including phenoxy) is 1. The molecule has 0 amide bonds. The SMILES string of the molecule is CCN(CC)CC(CN(CC)CC)OCc1ccccc1.CI.CI. The van der Waals surface area contributed by atoms with Gasteiger partial charge in [-0.15, -0.1) is 0 Å². The minimum absolute atomic E-state index is 0.269. The molecule has 0 fully saturated rings. The van der Waals surface area contributed by atoms with E-state index in [1.54, 1.807) is 0 Å². The van der Waals surface area contributed by atoms with E-state index in [4.69, 9.17) is 4.74 Å². The normalized spacial score (nSPS) is 10.4. The van der Waals surface area contributed by atoms with Gasteiger partial charge in [-0.3, -0.25) is 0 Å². The van der Waals surface area contributed by atoms with Crippen molar-refractivity contribution in [1.29, 1.82) is 0 Å². The smallest absolute Gasteiger partial charge is 0.0833 e. The van der Waals surface area contributed by atoms with Gasteiger partial charge >= 0.3 is 0 Å². The molecule has 0 unspecified atom stereocenters. The second-order valence-corrected chi connectivity index (χ2v) is 5.39. The molecular weight excluding hydrogens is 538 g/mol. The number of hydrogen-bond acceptors (Lipinski definition) is 3. The van der Waals surface area contributed by atoms with Crippen LogP contribution in [0, 0.1) is 0 Å². The van der Waals surface area contributed by atoms with E-state index >= 15 is 0 Å². The Labute approximate surface area is 184 Å². The van der Waals surface area contributed by atoms with E-state index in [0.717, 1.165) is 39.3 Å². The molecule has 0 atom stereocenters. The predicted octanol–water partition coefficient (Wildman–Crippen LogP) is 5.36. The molecule has 0 spiro atoms. The minimum atomic E-state index is 0.269. The van der Waals surface area contributed by atoms with Crippen LogP contribution in [-0.4, -0.2) is 65.0 Å². The Morgan fingerprint density at radius 1 is 0.760 bits per heavy atom. The molecule has 0 saturated heterocycles. The molecule has 0 aliphatic rings. The first-order valence-corrected chi connectivity index (χ1v) is 13.4. The second-order valence-electron chi connectivity index (χ2n) is 5.39. The van der Waals surface area contributed by atoms with Gasteiger partial charge in [0.25, 0.3) is 0 Å². The summed E-state index contributed by atoms with van der Waals surface area (Å²) < 4.78 is 6.21. The fourth-order valence-electron chi connectivity index (χ4n) is 2.49. The van der Waals surface area contributed by atoms with Crippen LogP contribution in [-0.2, 0) is 11.3 Å². The zero-order chi connectivity index (χ0) is 19.5. The molecule has 0 aliphatic carbocycles. The summed E-state index contributed by atoms with van der Waals surface area (Å²) in [6, 6.07) is 10.5. The molecule has 1 aromatic rings. The topological polar surface area (TPSA) is 15.7 Å². The molecule has 0 bridgehead atoms. The summed E-state index contributed by atoms with van der Waals surface area (Å²) in [5.41, 5.74) is 1.25. The maximum atomic E-state index is 6.21. The van der Waals surface area contributed by atoms with Crippen molar-refractivity contribution >= 4 is 45.2 Å². The van der Waals surface area contributed by atoms with Crippen LogP contribution in [0.25, 0.3) is 0 Å². The van der Waals surface area contributed by atoms with E-state index in [9.17, 15) is 0 Å². The molecule has 0 radical (unpaired) electrons. The van der Waals surface area contributed by atoms with Crippen LogP contribution in [0.2, 0.25) is 0 Å². The van der Waals surface area contributed by atoms with Gasteiger partial charge in [-0.2, -0.15) is 0 Å². The fraction of sp³-hybridized carbons (Fsp3) is 0.700. The third-order valence-electron chi connectivity index (χ3n) is 4.04. The Bertz CT molecular complexity index is 344. The Morgan fingerprint density at radius 3 is 1.52 bits per heavy atom. The van der Waals surface area contributed by atoms with Crippen molar-refractivity contribution in [2.24, 2.45) is 0 Å². The molecule has 1 aromatic carbocycles. The Balaban J connectivity index is 0. The van der Waals surface area contributed by atoms with E-state index in [1.807, 2.05) is 15.9 Å². The summed E-state index contributed by atoms with van der Waals surface area (Å²) >= 11 is 4.30. The molecule has 148 valence electrons. The van der Waals surface area contributed by atoms with E-state index in [1.165, 1.54) is 5.56 Å². The Kier molecular flexibility index (Phi) is 23.2. The zero-order valence-electron chi connectivity index (χ0n) is 17.0. The minimum Gasteiger partial charge on any atom is -0.371 e. The van der Waals surface area contributed by atoms with Crippen molar-refractivity contribution in [3.05, 3.63) is 35.9 Å². The third kappa shape index (κ3) is 14.3. The first kappa shape index (κ1) is 27.8. The van der Waals surface area contributed by atoms with Crippen LogP contribution in [0.3, 0.4) is 0 Å². The van der Waals surface area contributed by atoms with Gasteiger partial charge in [0, 0.05) is 13.1 Å². The quantitative estimate of drug-likeness (QED) is 0.261. The van der Waals surface area contributed by atoms with E-state index in [2.05, 4.69) is 107 Å². The summed E-state index contributed by atoms with van der Waals surface area (Å²) in [5.74, 6) is 0. The average molecular weight is 576 g/mol. The zero-order valence-corrected chi connectivity index (χ0v) is 21.3. The van der Waals surface area contributed by atoms with Gasteiger partial charge in [-0.25, -0.2) is 0 Å². The Hall–Kier alpha value is 0.560. The van der Waals surface area contributed by atoms with Gasteiger partial charge in [0.1, 0.15) is 0 Å². The molecular formula is C20H38I2N2O. The van der Waals surface area contributed by atoms with Crippen LogP contribution in [0.4, 0.5) is 0 Å². The predicted molar refractivity (Wildman–Crippen MR) is 130 cm³/mol. The lowest BCUT2D eigenvalue weighted by Gasteiger charge is -2.29. The molecule has 25 heavy (non-hydrogen) atoms. The molecule has 0 N–H and O–H groups in total. The molecule has 0 heterocycles. The van der Waals surface area contributed by atoms with Crippen molar-refractivity contribution in [1.82, 2.24) is 9.80 Å². The summed E-state index contributed by atoms with van der Waals surface area (Å²) in [6.45, 7) is 15.9. The number of alkyl halides is 2. The standard InChI is InChI=1S/C18H32N2O.2CH3I/c1-5-19(6-2)14-18(15-20(7-3)8-4)21-16-17-12-10-9-11-13-17;2*1-2/h9-13,18H,5-8,14-16H2,1-4H3;2*1H3. The van der Waals surface area contributed by atoms with E-state index in [-0.39, 0.29) is 6.10 Å². The monoisotopic (exact) mass is 576 g/mol. The van der Waals surface area contributed by atoms with E-state index < -0.39 is 0 Å². The van der Waals surface area contributed by atoms with Crippen LogP contribution >= 0.6 is 45.2 Å². The highest BCUT2D eigenvalue weighted by atomic mass is 127.